The highest BCUT2D eigenvalue weighted by atomic mass is 16.3. The Balaban J connectivity index is 1.56. The number of allylic oxidation sites excluding steroid dienone is 6. The fraction of sp³-hybridized carbons (Fsp3) is 0.714. The van der Waals surface area contributed by atoms with Gasteiger partial charge in [-0.1, -0.05) is 44.9 Å². The van der Waals surface area contributed by atoms with E-state index in [4.69, 9.17) is 0 Å². The van der Waals surface area contributed by atoms with Gasteiger partial charge in [0.2, 0.25) is 0 Å². The first-order valence-electron chi connectivity index (χ1n) is 12.4. The first-order chi connectivity index (χ1) is 14.4. The second-order valence-corrected chi connectivity index (χ2v) is 12.0. The molecule has 0 bridgehead atoms. The number of rotatable bonds is 5. The lowest BCUT2D eigenvalue weighted by Gasteiger charge is -2.53. The Hall–Kier alpha value is -1.48. The molecule has 4 aliphatic carbocycles. The highest BCUT2D eigenvalue weighted by Gasteiger charge is 2.57. The molecule has 4 aliphatic rings. The number of hydrogen-bond donors (Lipinski definition) is 3. The zero-order valence-electron chi connectivity index (χ0n) is 20.3. The zero-order chi connectivity index (χ0) is 22.8. The quantitative estimate of drug-likeness (QED) is 0.442. The summed E-state index contributed by atoms with van der Waals surface area (Å²) in [5, 5.41) is 31.2. The van der Waals surface area contributed by atoms with Crippen molar-refractivity contribution in [1.29, 1.82) is 0 Å². The van der Waals surface area contributed by atoms with Crippen molar-refractivity contribution >= 4 is 0 Å². The molecule has 0 saturated heterocycles. The van der Waals surface area contributed by atoms with Crippen molar-refractivity contribution in [2.45, 2.75) is 85.7 Å². The molecule has 2 fully saturated rings. The third-order valence-electron chi connectivity index (χ3n) is 10.0. The van der Waals surface area contributed by atoms with E-state index in [0.717, 1.165) is 18.4 Å². The molecule has 0 aromatic heterocycles. The minimum Gasteiger partial charge on any atom is -0.511 e. The molecule has 0 aromatic carbocycles. The average Bonchev–Trinajstić information content (AvgIpc) is 3.03. The van der Waals surface area contributed by atoms with Gasteiger partial charge in [-0.25, -0.2) is 0 Å². The fourth-order valence-corrected chi connectivity index (χ4v) is 7.47. The van der Waals surface area contributed by atoms with E-state index < -0.39 is 11.0 Å². The molecule has 0 amide bonds. The monoisotopic (exact) mass is 426 g/mol. The summed E-state index contributed by atoms with van der Waals surface area (Å²) in [5.74, 6) is 3.03. The predicted molar refractivity (Wildman–Crippen MR) is 127 cm³/mol. The van der Waals surface area contributed by atoms with Gasteiger partial charge < -0.3 is 15.3 Å². The molecule has 0 heterocycles. The van der Waals surface area contributed by atoms with Crippen molar-refractivity contribution in [2.24, 2.45) is 40.4 Å². The molecule has 4 rings (SSSR count). The van der Waals surface area contributed by atoms with Crippen molar-refractivity contribution in [2.75, 3.05) is 0 Å². The first-order valence-corrected chi connectivity index (χ1v) is 12.4. The van der Waals surface area contributed by atoms with Crippen LogP contribution in [0.3, 0.4) is 0 Å². The highest BCUT2D eigenvalue weighted by Crippen LogP contribution is 2.66. The summed E-state index contributed by atoms with van der Waals surface area (Å²) in [6.45, 7) is 13.1. The summed E-state index contributed by atoms with van der Waals surface area (Å²) in [6, 6.07) is 0. The van der Waals surface area contributed by atoms with E-state index in [1.165, 1.54) is 37.3 Å². The smallest absolute Gasteiger partial charge is 0.119 e. The van der Waals surface area contributed by atoms with Crippen LogP contribution in [0.5, 0.6) is 0 Å². The molecule has 0 aliphatic heterocycles. The third-order valence-corrected chi connectivity index (χ3v) is 10.0. The maximum absolute atomic E-state index is 10.9. The second-order valence-electron chi connectivity index (χ2n) is 12.0. The molecule has 31 heavy (non-hydrogen) atoms. The molecule has 3 heteroatoms. The predicted octanol–water partition coefficient (Wildman–Crippen LogP) is 7.02. The minimum atomic E-state index is -0.606. The van der Waals surface area contributed by atoms with Gasteiger partial charge >= 0.3 is 0 Å². The molecular weight excluding hydrogens is 384 g/mol. The molecule has 0 unspecified atom stereocenters. The SMILES string of the molecule is C[C@H](CC[C@H](C)C(C)(C)O)[C@H]1CC[C@H]2C3=CC=C4C=C(O)C=C(O)[C@]4(C)[C@H]3CC[C@]12C. The largest absolute Gasteiger partial charge is 0.511 e. The van der Waals surface area contributed by atoms with Gasteiger partial charge in [-0.3, -0.25) is 0 Å². The fourth-order valence-electron chi connectivity index (χ4n) is 7.47. The lowest BCUT2D eigenvalue weighted by atomic mass is 9.51. The summed E-state index contributed by atoms with van der Waals surface area (Å²) in [4.78, 5) is 0. The Labute approximate surface area is 188 Å². The molecule has 172 valence electrons. The molecule has 0 radical (unpaired) electrons. The lowest BCUT2D eigenvalue weighted by molar-refractivity contribution is 0.0130. The van der Waals surface area contributed by atoms with E-state index in [1.54, 1.807) is 0 Å². The van der Waals surface area contributed by atoms with Crippen LogP contribution in [0.25, 0.3) is 0 Å². The van der Waals surface area contributed by atoms with E-state index in [-0.39, 0.29) is 5.76 Å². The summed E-state index contributed by atoms with van der Waals surface area (Å²) in [5.41, 5.74) is 1.85. The number of fused-ring (bicyclic) bond motifs is 5. The van der Waals surface area contributed by atoms with Crippen LogP contribution in [0.1, 0.15) is 80.1 Å². The molecule has 2 saturated carbocycles. The van der Waals surface area contributed by atoms with Crippen LogP contribution in [0.4, 0.5) is 0 Å². The van der Waals surface area contributed by atoms with Gasteiger partial charge in [-0.2, -0.15) is 0 Å². The van der Waals surface area contributed by atoms with Crippen LogP contribution in [0.15, 0.2) is 47.0 Å². The Kier molecular flexibility index (Phi) is 5.52. The molecule has 7 atom stereocenters. The van der Waals surface area contributed by atoms with Crippen LogP contribution < -0.4 is 0 Å². The van der Waals surface area contributed by atoms with Crippen LogP contribution in [0.2, 0.25) is 0 Å². The third kappa shape index (κ3) is 3.52. The Bertz CT molecular complexity index is 854. The van der Waals surface area contributed by atoms with E-state index in [0.29, 0.717) is 40.8 Å². The van der Waals surface area contributed by atoms with Crippen LogP contribution in [-0.4, -0.2) is 20.9 Å². The van der Waals surface area contributed by atoms with Gasteiger partial charge in [-0.05, 0) is 99.5 Å². The zero-order valence-corrected chi connectivity index (χ0v) is 20.3. The van der Waals surface area contributed by atoms with Crippen LogP contribution in [-0.2, 0) is 0 Å². The van der Waals surface area contributed by atoms with Gasteiger partial charge in [0, 0.05) is 6.08 Å². The molecule has 0 aromatic rings. The Morgan fingerprint density at radius 1 is 1.00 bits per heavy atom. The maximum atomic E-state index is 10.9. The average molecular weight is 427 g/mol. The maximum Gasteiger partial charge on any atom is 0.119 e. The molecule has 3 N–H and O–H groups in total. The van der Waals surface area contributed by atoms with E-state index >= 15 is 0 Å². The standard InChI is InChI=1S/C28H42O3/c1-17(7-8-18(2)26(3,4)31)22-11-12-23-21-10-9-19-15-20(29)16-25(30)28(19,6)24(21)13-14-27(22,23)5/h9-10,15-18,22-24,29-31H,7-8,11-14H2,1-6H3/t17-,18+,22-,23+,24+,27-,28+/m1/s1. The van der Waals surface area contributed by atoms with Gasteiger partial charge in [0.05, 0.1) is 11.0 Å². The summed E-state index contributed by atoms with van der Waals surface area (Å²) in [6.07, 6.45) is 14.9. The molecular formula is C28H42O3. The molecule has 3 nitrogen and oxygen atoms in total. The summed E-state index contributed by atoms with van der Waals surface area (Å²) < 4.78 is 0. The van der Waals surface area contributed by atoms with Crippen molar-refractivity contribution in [3.8, 4) is 0 Å². The van der Waals surface area contributed by atoms with E-state index in [9.17, 15) is 15.3 Å². The normalized spacial score (nSPS) is 39.3. The number of hydrogen-bond acceptors (Lipinski definition) is 3. The first kappa shape index (κ1) is 22.7. The van der Waals surface area contributed by atoms with Crippen LogP contribution in [0, 0.1) is 40.4 Å². The van der Waals surface area contributed by atoms with Gasteiger partial charge in [-0.15, -0.1) is 0 Å². The van der Waals surface area contributed by atoms with Gasteiger partial charge in [0.1, 0.15) is 11.5 Å². The highest BCUT2D eigenvalue weighted by molar-refractivity contribution is 5.51. The van der Waals surface area contributed by atoms with E-state index in [2.05, 4.69) is 39.8 Å². The second kappa shape index (κ2) is 7.54. The van der Waals surface area contributed by atoms with Crippen molar-refractivity contribution < 1.29 is 15.3 Å². The Morgan fingerprint density at radius 2 is 1.71 bits per heavy atom. The summed E-state index contributed by atoms with van der Waals surface area (Å²) in [7, 11) is 0. The van der Waals surface area contributed by atoms with Gasteiger partial charge in [0.25, 0.3) is 0 Å². The number of aliphatic hydroxyl groups is 3. The number of aliphatic hydroxyl groups excluding tert-OH is 2. The van der Waals surface area contributed by atoms with Gasteiger partial charge in [0.15, 0.2) is 0 Å². The van der Waals surface area contributed by atoms with Crippen LogP contribution >= 0.6 is 0 Å². The minimum absolute atomic E-state index is 0.147. The topological polar surface area (TPSA) is 60.7 Å². The van der Waals surface area contributed by atoms with Crippen molar-refractivity contribution in [3.05, 3.63) is 47.0 Å². The molecule has 0 spiro atoms. The van der Waals surface area contributed by atoms with E-state index in [1.807, 2.05) is 19.9 Å². The summed E-state index contributed by atoms with van der Waals surface area (Å²) >= 11 is 0. The van der Waals surface area contributed by atoms with Crippen molar-refractivity contribution in [3.63, 3.8) is 0 Å². The van der Waals surface area contributed by atoms with Crippen molar-refractivity contribution in [1.82, 2.24) is 0 Å². The lowest BCUT2D eigenvalue weighted by Crippen LogP contribution is -2.45. The Morgan fingerprint density at radius 3 is 2.39 bits per heavy atom.